The molecule has 156 valence electrons. The Balaban J connectivity index is 1.39. The molecule has 3 rings (SSSR count). The Morgan fingerprint density at radius 3 is 2.63 bits per heavy atom. The first kappa shape index (κ1) is 20.8. The molecular weight excluding hydrogens is 344 g/mol. The molecule has 2 N–H and O–H groups in total. The Kier molecular flexibility index (Phi) is 8.64. The van der Waals surface area contributed by atoms with Crippen LogP contribution in [0.15, 0.2) is 4.99 Å². The molecule has 27 heavy (non-hydrogen) atoms. The number of rotatable bonds is 8. The van der Waals surface area contributed by atoms with E-state index in [-0.39, 0.29) is 5.54 Å². The lowest BCUT2D eigenvalue weighted by molar-refractivity contribution is -0.0352. The molecule has 7 nitrogen and oxygen atoms in total. The van der Waals surface area contributed by atoms with Crippen LogP contribution >= 0.6 is 0 Å². The van der Waals surface area contributed by atoms with Crippen LogP contribution in [0.3, 0.4) is 0 Å². The van der Waals surface area contributed by atoms with Crippen LogP contribution in [-0.2, 0) is 14.2 Å². The highest BCUT2D eigenvalue weighted by molar-refractivity contribution is 5.79. The molecule has 1 atom stereocenters. The van der Waals surface area contributed by atoms with Gasteiger partial charge in [0.1, 0.15) is 0 Å². The van der Waals surface area contributed by atoms with E-state index in [9.17, 15) is 0 Å². The third kappa shape index (κ3) is 6.31. The Hall–Kier alpha value is -0.890. The van der Waals surface area contributed by atoms with Crippen molar-refractivity contribution in [1.29, 1.82) is 0 Å². The highest BCUT2D eigenvalue weighted by Crippen LogP contribution is 2.33. The fourth-order valence-electron chi connectivity index (χ4n) is 4.55. The first-order valence-corrected chi connectivity index (χ1v) is 10.8. The lowest BCUT2D eigenvalue weighted by Crippen LogP contribution is -2.60. The zero-order chi connectivity index (χ0) is 18.8. The van der Waals surface area contributed by atoms with Gasteiger partial charge in [-0.15, -0.1) is 0 Å². The van der Waals surface area contributed by atoms with Gasteiger partial charge < -0.3 is 24.8 Å². The molecule has 0 amide bonds. The van der Waals surface area contributed by atoms with Crippen LogP contribution in [0.1, 0.15) is 44.9 Å². The maximum absolute atomic E-state index is 5.73. The predicted octanol–water partition coefficient (Wildman–Crippen LogP) is 1.38. The molecule has 0 aromatic heterocycles. The van der Waals surface area contributed by atoms with Crippen molar-refractivity contribution in [3.63, 3.8) is 0 Å². The van der Waals surface area contributed by atoms with E-state index >= 15 is 0 Å². The number of nitrogens with one attached hydrogen (secondary N) is 2. The van der Waals surface area contributed by atoms with Crippen molar-refractivity contribution < 1.29 is 14.2 Å². The van der Waals surface area contributed by atoms with Crippen molar-refractivity contribution >= 4 is 5.96 Å². The van der Waals surface area contributed by atoms with Gasteiger partial charge in [0.15, 0.2) is 5.96 Å². The summed E-state index contributed by atoms with van der Waals surface area (Å²) in [6, 6.07) is 0. The average Bonchev–Trinajstić information content (AvgIpc) is 3.25. The Morgan fingerprint density at radius 2 is 1.93 bits per heavy atom. The zero-order valence-electron chi connectivity index (χ0n) is 17.0. The van der Waals surface area contributed by atoms with Gasteiger partial charge in [-0.1, -0.05) is 19.3 Å². The molecule has 2 aliphatic heterocycles. The van der Waals surface area contributed by atoms with Gasteiger partial charge in [0.05, 0.1) is 32.5 Å². The Bertz CT molecular complexity index is 443. The summed E-state index contributed by atoms with van der Waals surface area (Å²) in [5.74, 6) is 0.869. The number of guanidine groups is 1. The number of aliphatic imine (C=N–C) groups is 1. The average molecular weight is 383 g/mol. The van der Waals surface area contributed by atoms with Gasteiger partial charge in [0.25, 0.3) is 0 Å². The molecule has 0 radical (unpaired) electrons. The minimum absolute atomic E-state index is 0.246. The number of hydrogen-bond acceptors (Lipinski definition) is 5. The van der Waals surface area contributed by atoms with E-state index in [1.807, 2.05) is 7.05 Å². The van der Waals surface area contributed by atoms with Crippen molar-refractivity contribution in [1.82, 2.24) is 15.5 Å². The van der Waals surface area contributed by atoms with Crippen molar-refractivity contribution in [3.05, 3.63) is 0 Å². The fourth-order valence-corrected chi connectivity index (χ4v) is 4.55. The summed E-state index contributed by atoms with van der Waals surface area (Å²) >= 11 is 0. The summed E-state index contributed by atoms with van der Waals surface area (Å²) in [7, 11) is 1.84. The molecule has 0 spiro atoms. The first-order valence-electron chi connectivity index (χ1n) is 10.8. The second-order valence-corrected chi connectivity index (χ2v) is 7.95. The summed E-state index contributed by atoms with van der Waals surface area (Å²) in [5.41, 5.74) is 0.246. The largest absolute Gasteiger partial charge is 0.379 e. The van der Waals surface area contributed by atoms with E-state index in [1.165, 1.54) is 32.1 Å². The quantitative estimate of drug-likeness (QED) is 0.376. The van der Waals surface area contributed by atoms with Crippen LogP contribution < -0.4 is 10.6 Å². The maximum Gasteiger partial charge on any atom is 0.191 e. The van der Waals surface area contributed by atoms with Crippen molar-refractivity contribution in [2.75, 3.05) is 66.3 Å². The van der Waals surface area contributed by atoms with Crippen molar-refractivity contribution in [2.45, 2.75) is 56.6 Å². The van der Waals surface area contributed by atoms with Gasteiger partial charge in [-0.3, -0.25) is 9.89 Å². The van der Waals surface area contributed by atoms with E-state index in [4.69, 9.17) is 14.2 Å². The number of nitrogens with zero attached hydrogens (tertiary/aromatic N) is 2. The predicted molar refractivity (Wildman–Crippen MR) is 107 cm³/mol. The highest BCUT2D eigenvalue weighted by Gasteiger charge is 2.38. The second-order valence-electron chi connectivity index (χ2n) is 7.95. The summed E-state index contributed by atoms with van der Waals surface area (Å²) in [6.45, 7) is 7.78. The van der Waals surface area contributed by atoms with Crippen LogP contribution in [0, 0.1) is 0 Å². The second kappa shape index (κ2) is 11.2. The summed E-state index contributed by atoms with van der Waals surface area (Å²) in [4.78, 5) is 7.05. The van der Waals surface area contributed by atoms with Gasteiger partial charge in [0.2, 0.25) is 0 Å². The molecule has 1 saturated carbocycles. The van der Waals surface area contributed by atoms with Crippen molar-refractivity contribution in [3.8, 4) is 0 Å². The molecule has 2 saturated heterocycles. The number of morpholine rings is 1. The first-order chi connectivity index (χ1) is 13.3. The van der Waals surface area contributed by atoms with Gasteiger partial charge in [-0.25, -0.2) is 0 Å². The van der Waals surface area contributed by atoms with Crippen LogP contribution in [0.5, 0.6) is 0 Å². The van der Waals surface area contributed by atoms with E-state index in [2.05, 4.69) is 20.5 Å². The van der Waals surface area contributed by atoms with Gasteiger partial charge in [0, 0.05) is 45.4 Å². The van der Waals surface area contributed by atoms with Crippen LogP contribution in [0.25, 0.3) is 0 Å². The van der Waals surface area contributed by atoms with Gasteiger partial charge >= 0.3 is 0 Å². The van der Waals surface area contributed by atoms with Gasteiger partial charge in [-0.2, -0.15) is 0 Å². The van der Waals surface area contributed by atoms with Gasteiger partial charge in [-0.05, 0) is 25.7 Å². The SMILES string of the molecule is CN=C(NCCOCC1CCCO1)NCC1(N2CCOCC2)CCCCC1. The fraction of sp³-hybridized carbons (Fsp3) is 0.950. The zero-order valence-corrected chi connectivity index (χ0v) is 17.0. The molecule has 3 aliphatic rings. The maximum atomic E-state index is 5.73. The standard InChI is InChI=1S/C20H38N4O3/c1-21-19(22-9-13-26-16-18-6-5-12-27-18)23-17-20(7-3-2-4-8-20)24-10-14-25-15-11-24/h18H,2-17H2,1H3,(H2,21,22,23). The lowest BCUT2D eigenvalue weighted by Gasteiger charge is -2.48. The molecule has 0 aromatic rings. The smallest absolute Gasteiger partial charge is 0.191 e. The minimum Gasteiger partial charge on any atom is -0.379 e. The molecule has 1 unspecified atom stereocenters. The third-order valence-electron chi connectivity index (χ3n) is 6.14. The summed E-state index contributed by atoms with van der Waals surface area (Å²) < 4.78 is 16.9. The molecule has 1 aliphatic carbocycles. The van der Waals surface area contributed by atoms with E-state index in [0.29, 0.717) is 19.3 Å². The molecular formula is C20H38N4O3. The Labute approximate surface area is 164 Å². The van der Waals surface area contributed by atoms with E-state index in [0.717, 1.165) is 64.8 Å². The van der Waals surface area contributed by atoms with E-state index < -0.39 is 0 Å². The van der Waals surface area contributed by atoms with Crippen molar-refractivity contribution in [2.24, 2.45) is 4.99 Å². The molecule has 0 bridgehead atoms. The lowest BCUT2D eigenvalue weighted by atomic mass is 9.80. The van der Waals surface area contributed by atoms with Crippen LogP contribution in [0.4, 0.5) is 0 Å². The van der Waals surface area contributed by atoms with E-state index in [1.54, 1.807) is 0 Å². The minimum atomic E-state index is 0.246. The normalized spacial score (nSPS) is 26.9. The molecule has 2 heterocycles. The third-order valence-corrected chi connectivity index (χ3v) is 6.14. The van der Waals surface area contributed by atoms with Crippen LogP contribution in [-0.4, -0.2) is 88.8 Å². The molecule has 0 aromatic carbocycles. The molecule has 3 fully saturated rings. The summed E-state index contributed by atoms with van der Waals surface area (Å²) in [5, 5.41) is 6.97. The molecule has 7 heteroatoms. The number of ether oxygens (including phenoxy) is 3. The summed E-state index contributed by atoms with van der Waals surface area (Å²) in [6.07, 6.45) is 9.12. The topological polar surface area (TPSA) is 67.4 Å². The Morgan fingerprint density at radius 1 is 1.11 bits per heavy atom. The van der Waals surface area contributed by atoms with Crippen LogP contribution in [0.2, 0.25) is 0 Å². The monoisotopic (exact) mass is 382 g/mol. The highest BCUT2D eigenvalue weighted by atomic mass is 16.5. The number of hydrogen-bond donors (Lipinski definition) is 2.